The number of aliphatic hydroxyl groups is 2. The van der Waals surface area contributed by atoms with Gasteiger partial charge in [-0.3, -0.25) is 4.79 Å². The lowest BCUT2D eigenvalue weighted by molar-refractivity contribution is -0.145. The van der Waals surface area contributed by atoms with Gasteiger partial charge in [-0.25, -0.2) is 0 Å². The Labute approximate surface area is 193 Å². The molecular formula is C23H45NO8. The molecule has 9 nitrogen and oxygen atoms in total. The van der Waals surface area contributed by atoms with E-state index in [9.17, 15) is 14.4 Å². The molecule has 190 valence electrons. The molecule has 0 aromatic heterocycles. The van der Waals surface area contributed by atoms with Crippen LogP contribution in [0.4, 0.5) is 0 Å². The molecule has 0 fully saturated rings. The van der Waals surface area contributed by atoms with Gasteiger partial charge in [-0.2, -0.15) is 0 Å². The highest BCUT2D eigenvalue weighted by Crippen LogP contribution is 2.28. The Kier molecular flexibility index (Phi) is 24.9. The summed E-state index contributed by atoms with van der Waals surface area (Å²) >= 11 is 0. The maximum absolute atomic E-state index is 11.0. The second-order valence-electron chi connectivity index (χ2n) is 7.74. The number of methoxy groups -OCH3 is 1. The quantitative estimate of drug-likeness (QED) is 0.181. The van der Waals surface area contributed by atoms with Gasteiger partial charge in [0.2, 0.25) is 0 Å². The van der Waals surface area contributed by atoms with Crippen molar-refractivity contribution in [2.75, 3.05) is 53.3 Å². The highest BCUT2D eigenvalue weighted by atomic mass is 16.6. The molecule has 0 aromatic carbocycles. The number of nitrogens with two attached hydrogens (primary N) is 1. The number of hydrogen-bond donors (Lipinski definition) is 3. The van der Waals surface area contributed by atoms with Gasteiger partial charge in [0.15, 0.2) is 0 Å². The van der Waals surface area contributed by atoms with Crippen molar-refractivity contribution in [1.82, 2.24) is 0 Å². The molecule has 0 saturated carbocycles. The van der Waals surface area contributed by atoms with E-state index >= 15 is 0 Å². The molecule has 2 atom stereocenters. The van der Waals surface area contributed by atoms with Gasteiger partial charge < -0.3 is 39.7 Å². The van der Waals surface area contributed by atoms with Gasteiger partial charge in [0, 0.05) is 52.7 Å². The van der Waals surface area contributed by atoms with E-state index < -0.39 is 0 Å². The molecule has 9 heteroatoms. The predicted molar refractivity (Wildman–Crippen MR) is 122 cm³/mol. The zero-order chi connectivity index (χ0) is 24.6. The third kappa shape index (κ3) is 23.3. The highest BCUT2D eigenvalue weighted by Gasteiger charge is 2.21. The van der Waals surface area contributed by atoms with Crippen molar-refractivity contribution in [1.29, 1.82) is 0 Å². The van der Waals surface area contributed by atoms with Crippen molar-refractivity contribution in [2.45, 2.75) is 65.2 Å². The summed E-state index contributed by atoms with van der Waals surface area (Å²) in [5, 5.41) is 18.2. The second-order valence-corrected chi connectivity index (χ2v) is 7.74. The Balaban J connectivity index is 0. The number of carbonyl (C=O) groups is 3. The maximum Gasteiger partial charge on any atom is 0.305 e. The number of aliphatic hydroxyl groups excluding tert-OH is 2. The zero-order valence-electron chi connectivity index (χ0n) is 20.2. The van der Waals surface area contributed by atoms with E-state index in [0.29, 0.717) is 71.5 Å². The molecule has 0 aromatic rings. The molecule has 0 spiro atoms. The third-order valence-electron chi connectivity index (χ3n) is 4.88. The predicted octanol–water partition coefficient (Wildman–Crippen LogP) is 1.65. The minimum atomic E-state index is -0.210. The van der Waals surface area contributed by atoms with E-state index in [0.717, 1.165) is 12.8 Å². The molecule has 0 aliphatic rings. The van der Waals surface area contributed by atoms with Crippen LogP contribution in [0.3, 0.4) is 0 Å². The van der Waals surface area contributed by atoms with E-state index in [-0.39, 0.29) is 42.6 Å². The fourth-order valence-corrected chi connectivity index (χ4v) is 3.17. The SMILES string of the molecule is CC(=O)CCC(CCO)C(CCO)CCC(C)=O.COCCCC(=O)OCCOCCN. The number of ether oxygens (including phenoxy) is 3. The van der Waals surface area contributed by atoms with Gasteiger partial charge in [0.05, 0.1) is 13.2 Å². The molecule has 0 heterocycles. The second kappa shape index (κ2) is 24.3. The molecule has 4 N–H and O–H groups in total. The lowest BCUT2D eigenvalue weighted by atomic mass is 9.80. The molecule has 0 amide bonds. The Bertz CT molecular complexity index is 447. The van der Waals surface area contributed by atoms with E-state index in [4.69, 9.17) is 30.2 Å². The molecule has 0 bridgehead atoms. The highest BCUT2D eigenvalue weighted by molar-refractivity contribution is 5.75. The third-order valence-corrected chi connectivity index (χ3v) is 4.88. The standard InChI is InChI=1S/C14H26O4.C9H19NO4/c1-11(17)3-5-13(7-9-15)14(8-10-16)6-4-12(2)18;1-12-5-2-3-9(11)14-8-7-13-6-4-10/h13-16H,3-10H2,1-2H3;2-8,10H2,1H3. The summed E-state index contributed by atoms with van der Waals surface area (Å²) < 4.78 is 14.7. The van der Waals surface area contributed by atoms with Crippen molar-refractivity contribution in [3.63, 3.8) is 0 Å². The maximum atomic E-state index is 11.0. The van der Waals surface area contributed by atoms with Gasteiger partial charge in [-0.05, 0) is 57.8 Å². The number of carbonyl (C=O) groups excluding carboxylic acids is 3. The molecular weight excluding hydrogens is 418 g/mol. The number of rotatable bonds is 20. The van der Waals surface area contributed by atoms with Crippen LogP contribution >= 0.6 is 0 Å². The van der Waals surface area contributed by atoms with Crippen LogP contribution in [0.1, 0.15) is 65.2 Å². The molecule has 0 rings (SSSR count). The summed E-state index contributed by atoms with van der Waals surface area (Å²) in [6, 6.07) is 0. The Morgan fingerprint density at radius 1 is 0.781 bits per heavy atom. The van der Waals surface area contributed by atoms with Crippen LogP contribution in [0.15, 0.2) is 0 Å². The first-order valence-electron chi connectivity index (χ1n) is 11.4. The largest absolute Gasteiger partial charge is 0.463 e. The fraction of sp³-hybridized carbons (Fsp3) is 0.870. The fourth-order valence-electron chi connectivity index (χ4n) is 3.17. The molecule has 32 heavy (non-hydrogen) atoms. The molecule has 0 aliphatic carbocycles. The average molecular weight is 464 g/mol. The number of Topliss-reactive ketones (excluding diaryl/α,β-unsaturated/α-hetero) is 2. The summed E-state index contributed by atoms with van der Waals surface area (Å²) in [5.41, 5.74) is 5.20. The van der Waals surface area contributed by atoms with Crippen LogP contribution in [0, 0.1) is 11.8 Å². The first-order chi connectivity index (χ1) is 15.3. The van der Waals surface area contributed by atoms with Crippen LogP contribution in [-0.4, -0.2) is 81.0 Å². The molecule has 2 unspecified atom stereocenters. The van der Waals surface area contributed by atoms with Crippen molar-refractivity contribution >= 4 is 17.5 Å². The molecule has 0 aliphatic heterocycles. The lowest BCUT2D eigenvalue weighted by Gasteiger charge is -2.26. The van der Waals surface area contributed by atoms with E-state index in [1.54, 1.807) is 21.0 Å². The Hall–Kier alpha value is -1.39. The zero-order valence-corrected chi connectivity index (χ0v) is 20.2. The van der Waals surface area contributed by atoms with Crippen LogP contribution in [-0.2, 0) is 28.6 Å². The normalized spacial score (nSPS) is 12.4. The van der Waals surface area contributed by atoms with Crippen LogP contribution in [0.5, 0.6) is 0 Å². The van der Waals surface area contributed by atoms with Crippen LogP contribution < -0.4 is 5.73 Å². The van der Waals surface area contributed by atoms with Crippen molar-refractivity contribution in [2.24, 2.45) is 17.6 Å². The lowest BCUT2D eigenvalue weighted by Crippen LogP contribution is -2.19. The first-order valence-corrected chi connectivity index (χ1v) is 11.4. The minimum Gasteiger partial charge on any atom is -0.463 e. The molecule has 0 saturated heterocycles. The van der Waals surface area contributed by atoms with Gasteiger partial charge in [0.1, 0.15) is 18.2 Å². The number of hydrogen-bond acceptors (Lipinski definition) is 9. The van der Waals surface area contributed by atoms with Gasteiger partial charge in [0.25, 0.3) is 0 Å². The summed E-state index contributed by atoms with van der Waals surface area (Å²) in [5.74, 6) is 0.508. The van der Waals surface area contributed by atoms with E-state index in [1.165, 1.54) is 0 Å². The van der Waals surface area contributed by atoms with E-state index in [2.05, 4.69) is 0 Å². The van der Waals surface area contributed by atoms with Crippen molar-refractivity contribution in [3.05, 3.63) is 0 Å². The number of esters is 1. The van der Waals surface area contributed by atoms with Gasteiger partial charge in [-0.1, -0.05) is 0 Å². The van der Waals surface area contributed by atoms with Gasteiger partial charge >= 0.3 is 5.97 Å². The summed E-state index contributed by atoms with van der Waals surface area (Å²) in [6.07, 6.45) is 4.84. The van der Waals surface area contributed by atoms with Crippen molar-refractivity contribution in [3.8, 4) is 0 Å². The summed E-state index contributed by atoms with van der Waals surface area (Å²) in [4.78, 5) is 33.1. The Morgan fingerprint density at radius 3 is 1.72 bits per heavy atom. The van der Waals surface area contributed by atoms with E-state index in [1.807, 2.05) is 0 Å². The number of ketones is 2. The van der Waals surface area contributed by atoms with Crippen LogP contribution in [0.25, 0.3) is 0 Å². The summed E-state index contributed by atoms with van der Waals surface area (Å²) in [7, 11) is 1.60. The summed E-state index contributed by atoms with van der Waals surface area (Å²) in [6.45, 7) is 5.58. The monoisotopic (exact) mass is 463 g/mol. The van der Waals surface area contributed by atoms with Crippen LogP contribution in [0.2, 0.25) is 0 Å². The first kappa shape index (κ1) is 32.8. The topological polar surface area (TPSA) is 145 Å². The van der Waals surface area contributed by atoms with Gasteiger partial charge in [-0.15, -0.1) is 0 Å². The molecule has 0 radical (unpaired) electrons. The average Bonchev–Trinajstić information content (AvgIpc) is 2.74. The Morgan fingerprint density at radius 2 is 1.31 bits per heavy atom. The smallest absolute Gasteiger partial charge is 0.305 e. The van der Waals surface area contributed by atoms with Crippen molar-refractivity contribution < 1.29 is 38.8 Å². The minimum absolute atomic E-state index is 0.0879.